The van der Waals surface area contributed by atoms with E-state index in [0.717, 1.165) is 27.8 Å². The summed E-state index contributed by atoms with van der Waals surface area (Å²) in [4.78, 5) is 78.3. The summed E-state index contributed by atoms with van der Waals surface area (Å²) in [5.74, 6) is -7.25. The first-order valence-corrected chi connectivity index (χ1v) is 16.8. The van der Waals surface area contributed by atoms with E-state index in [4.69, 9.17) is 9.97 Å². The highest BCUT2D eigenvalue weighted by molar-refractivity contribution is 6.03. The van der Waals surface area contributed by atoms with Gasteiger partial charge in [0.05, 0.1) is 41.0 Å². The lowest BCUT2D eigenvalue weighted by molar-refractivity contribution is -0.147. The Morgan fingerprint density at radius 2 is 1.60 bits per heavy atom. The van der Waals surface area contributed by atoms with Gasteiger partial charge in [-0.25, -0.2) is 14.6 Å². The molecular formula is C38H41N5O9. The topological polar surface area (TPSA) is 236 Å². The Morgan fingerprint density at radius 1 is 0.923 bits per heavy atom. The quantitative estimate of drug-likeness (QED) is 0.116. The number of carbonyl (C=O) groups is 5. The van der Waals surface area contributed by atoms with Gasteiger partial charge in [-0.15, -0.1) is 0 Å². The van der Waals surface area contributed by atoms with Crippen LogP contribution in [0.3, 0.4) is 0 Å². The van der Waals surface area contributed by atoms with Crippen LogP contribution in [0.15, 0.2) is 24.8 Å². The molecule has 0 fully saturated rings. The number of H-pyrrole nitrogens is 2. The first kappa shape index (κ1) is 37.2. The molecule has 1 unspecified atom stereocenters. The van der Waals surface area contributed by atoms with Crippen molar-refractivity contribution in [3.8, 4) is 0 Å². The van der Waals surface area contributed by atoms with Crippen molar-refractivity contribution in [2.24, 2.45) is 0 Å². The zero-order valence-corrected chi connectivity index (χ0v) is 29.5. The molecule has 272 valence electrons. The number of carbonyl (C=O) groups excluding carboxylic acids is 1. The van der Waals surface area contributed by atoms with E-state index in [-0.39, 0.29) is 35.2 Å². The van der Waals surface area contributed by atoms with Gasteiger partial charge in [0.25, 0.3) is 0 Å². The highest BCUT2D eigenvalue weighted by Gasteiger charge is 2.34. The number of aromatic amines is 2. The number of aromatic carboxylic acids is 1. The van der Waals surface area contributed by atoms with E-state index in [9.17, 15) is 44.4 Å². The number of aryl methyl sites for hydroxylation is 2. The molecule has 7 N–H and O–H groups in total. The second kappa shape index (κ2) is 14.7. The van der Waals surface area contributed by atoms with Gasteiger partial charge in [-0.2, -0.15) is 0 Å². The van der Waals surface area contributed by atoms with Crippen LogP contribution in [-0.4, -0.2) is 76.2 Å². The smallest absolute Gasteiger partial charge is 0.338 e. The Hall–Kier alpha value is -6.05. The monoisotopic (exact) mass is 711 g/mol. The second-order valence-corrected chi connectivity index (χ2v) is 13.1. The largest absolute Gasteiger partial charge is 0.481 e. The standard InChI is InChI=1S/C38H41N5O9/c1-7-20-16(3)24-12-26-18(5)22(9-10-32(45)46)35(42-26)23(11-31(44)41-30(37(49)50)15-33(47)48)36-34(38(51)52)19(6)27(43-36)14-29-21(8-2)17(4)25(40-29)13-28(20)39-24/h7,12-14,18,22,30,39,43H,1,8-11,15H2,2-6H3,(H,41,44)(H,45,46)(H,47,48)(H,49,50)(H,51,52)/t18?,22-,30-/m0/s1. The molecule has 0 aromatic carbocycles. The predicted octanol–water partition coefficient (Wildman–Crippen LogP) is 5.95. The third kappa shape index (κ3) is 7.09. The van der Waals surface area contributed by atoms with Crippen LogP contribution in [0.25, 0.3) is 39.3 Å². The van der Waals surface area contributed by atoms with Crippen LogP contribution in [0, 0.1) is 13.8 Å². The van der Waals surface area contributed by atoms with E-state index in [1.807, 2.05) is 39.8 Å². The first-order chi connectivity index (χ1) is 24.6. The number of allylic oxidation sites excluding steroid dienone is 2. The van der Waals surface area contributed by atoms with E-state index in [2.05, 4.69) is 21.9 Å². The number of fused-ring (bicyclic) bond motifs is 8. The van der Waals surface area contributed by atoms with Crippen molar-refractivity contribution in [1.82, 2.24) is 25.3 Å². The van der Waals surface area contributed by atoms with Gasteiger partial charge in [0.2, 0.25) is 5.91 Å². The number of rotatable bonds is 12. The van der Waals surface area contributed by atoms with Crippen LogP contribution in [0.4, 0.5) is 0 Å². The van der Waals surface area contributed by atoms with E-state index < -0.39 is 60.5 Å². The third-order valence-electron chi connectivity index (χ3n) is 9.97. The Bertz CT molecular complexity index is 2240. The van der Waals surface area contributed by atoms with Crippen LogP contribution < -0.4 is 5.32 Å². The highest BCUT2D eigenvalue weighted by Crippen LogP contribution is 2.43. The Balaban J connectivity index is 1.96. The van der Waals surface area contributed by atoms with Crippen molar-refractivity contribution in [2.45, 2.75) is 84.6 Å². The van der Waals surface area contributed by atoms with Crippen molar-refractivity contribution in [2.75, 3.05) is 0 Å². The van der Waals surface area contributed by atoms with Crippen LogP contribution in [0.1, 0.15) is 114 Å². The van der Waals surface area contributed by atoms with Crippen molar-refractivity contribution in [1.29, 1.82) is 0 Å². The number of nitrogens with one attached hydrogen (secondary N) is 3. The zero-order chi connectivity index (χ0) is 38.2. The van der Waals surface area contributed by atoms with Gasteiger partial charge in [-0.1, -0.05) is 26.5 Å². The summed E-state index contributed by atoms with van der Waals surface area (Å²) in [6, 6.07) is 3.77. The lowest BCUT2D eigenvalue weighted by Crippen LogP contribution is -2.43. The second-order valence-electron chi connectivity index (χ2n) is 13.1. The molecule has 14 nitrogen and oxygen atoms in total. The van der Waals surface area contributed by atoms with E-state index in [1.165, 1.54) is 0 Å². The zero-order valence-electron chi connectivity index (χ0n) is 29.5. The van der Waals surface area contributed by atoms with Gasteiger partial charge in [0, 0.05) is 51.6 Å². The van der Waals surface area contributed by atoms with Gasteiger partial charge in [-0.05, 0) is 74.1 Å². The Labute approximate surface area is 298 Å². The molecule has 2 aliphatic rings. The number of carboxylic acids is 4. The van der Waals surface area contributed by atoms with Gasteiger partial charge in [0.1, 0.15) is 6.04 Å². The molecule has 52 heavy (non-hydrogen) atoms. The molecule has 0 radical (unpaired) electrons. The molecule has 0 saturated heterocycles. The van der Waals surface area contributed by atoms with E-state index in [0.29, 0.717) is 40.1 Å². The van der Waals surface area contributed by atoms with Crippen molar-refractivity contribution >= 4 is 69.1 Å². The first-order valence-electron chi connectivity index (χ1n) is 16.8. The number of aliphatic carboxylic acids is 3. The minimum Gasteiger partial charge on any atom is -0.481 e. The van der Waals surface area contributed by atoms with Crippen LogP contribution >= 0.6 is 0 Å². The molecule has 2 aliphatic heterocycles. The molecule has 3 aromatic rings. The number of nitrogens with zero attached hydrogens (tertiary/aromatic N) is 2. The maximum absolute atomic E-state index is 13.6. The molecule has 1 amide bonds. The summed E-state index contributed by atoms with van der Waals surface area (Å²) in [5.41, 5.74) is 7.97. The lowest BCUT2D eigenvalue weighted by atomic mass is 9.85. The summed E-state index contributed by atoms with van der Waals surface area (Å²) in [5, 5.41) is 41.4. The molecule has 14 heteroatoms. The fraction of sp³-hybridized carbons (Fsp3) is 0.342. The van der Waals surface area contributed by atoms with Crippen LogP contribution in [0.5, 0.6) is 0 Å². The average molecular weight is 712 g/mol. The average Bonchev–Trinajstić information content (AvgIpc) is 3.74. The lowest BCUT2D eigenvalue weighted by Gasteiger charge is -2.18. The summed E-state index contributed by atoms with van der Waals surface area (Å²) in [6.07, 6.45) is 0.739. The van der Waals surface area contributed by atoms with Crippen LogP contribution in [-0.2, 0) is 25.6 Å². The van der Waals surface area contributed by atoms with Crippen molar-refractivity contribution in [3.05, 3.63) is 75.4 Å². The van der Waals surface area contributed by atoms with Gasteiger partial charge in [-0.3, -0.25) is 19.4 Å². The Morgan fingerprint density at radius 3 is 2.19 bits per heavy atom. The molecule has 8 bridgehead atoms. The normalized spacial score (nSPS) is 16.0. The van der Waals surface area contributed by atoms with Gasteiger partial charge in [0.15, 0.2) is 0 Å². The minimum absolute atomic E-state index is 0.0384. The molecule has 0 aliphatic carbocycles. The number of aromatic nitrogens is 4. The molecule has 0 saturated carbocycles. The summed E-state index contributed by atoms with van der Waals surface area (Å²) >= 11 is 0. The SMILES string of the molecule is C=Cc1c(C)c2cc3nc(c(CC(=O)N[C@@H](CC(=O)O)C(=O)O)c4[nH]c(cc5nc(cc1[nH]2)C(C)=C5CC)c(C)c4C(=O)O)[C@@H](CCC(=O)O)C3C. The summed E-state index contributed by atoms with van der Waals surface area (Å²) in [6.45, 7) is 13.4. The highest BCUT2D eigenvalue weighted by atomic mass is 16.4. The summed E-state index contributed by atoms with van der Waals surface area (Å²) < 4.78 is 0. The van der Waals surface area contributed by atoms with E-state index in [1.54, 1.807) is 19.1 Å². The Kier molecular flexibility index (Phi) is 10.5. The number of amides is 1. The number of hydrogen-bond donors (Lipinski definition) is 7. The maximum atomic E-state index is 13.6. The molecular weight excluding hydrogens is 670 g/mol. The summed E-state index contributed by atoms with van der Waals surface area (Å²) in [7, 11) is 0. The number of carboxylic acid groups (broad SMARTS) is 4. The van der Waals surface area contributed by atoms with Crippen LogP contribution in [0.2, 0.25) is 0 Å². The molecule has 5 heterocycles. The fourth-order valence-electron chi connectivity index (χ4n) is 7.16. The molecule has 0 spiro atoms. The van der Waals surface area contributed by atoms with Crippen molar-refractivity contribution < 1.29 is 44.4 Å². The predicted molar refractivity (Wildman–Crippen MR) is 194 cm³/mol. The molecule has 3 atom stereocenters. The van der Waals surface area contributed by atoms with Gasteiger partial charge < -0.3 is 35.7 Å². The van der Waals surface area contributed by atoms with E-state index >= 15 is 0 Å². The van der Waals surface area contributed by atoms with Crippen molar-refractivity contribution in [3.63, 3.8) is 0 Å². The molecule has 5 rings (SSSR count). The minimum atomic E-state index is -1.76. The number of hydrogen-bond acceptors (Lipinski definition) is 7. The fourth-order valence-corrected chi connectivity index (χ4v) is 7.16. The third-order valence-corrected chi connectivity index (χ3v) is 9.97. The van der Waals surface area contributed by atoms with Gasteiger partial charge >= 0.3 is 23.9 Å². The maximum Gasteiger partial charge on any atom is 0.338 e. The molecule has 3 aromatic heterocycles.